The SMILES string of the molecule is COCc1cnc(C(=O)NC(C)(C)C(C)C)c(C(=O)O)c1. The average molecular weight is 294 g/mol. The Morgan fingerprint density at radius 1 is 1.43 bits per heavy atom. The summed E-state index contributed by atoms with van der Waals surface area (Å²) in [6.45, 7) is 7.97. The number of rotatable bonds is 6. The molecule has 0 fully saturated rings. The first-order chi connectivity index (χ1) is 9.69. The highest BCUT2D eigenvalue weighted by Crippen LogP contribution is 2.17. The Morgan fingerprint density at radius 2 is 2.05 bits per heavy atom. The molecule has 0 aliphatic rings. The van der Waals surface area contributed by atoms with E-state index in [2.05, 4.69) is 10.3 Å². The fraction of sp³-hybridized carbons (Fsp3) is 0.533. The topological polar surface area (TPSA) is 88.5 Å². The number of aromatic carboxylic acids is 1. The molecule has 1 rings (SSSR count). The van der Waals surface area contributed by atoms with Crippen LogP contribution in [0.25, 0.3) is 0 Å². The van der Waals surface area contributed by atoms with E-state index >= 15 is 0 Å². The zero-order chi connectivity index (χ0) is 16.2. The molecule has 6 heteroatoms. The molecule has 2 N–H and O–H groups in total. The minimum Gasteiger partial charge on any atom is -0.478 e. The van der Waals surface area contributed by atoms with Crippen LogP contribution in [0.2, 0.25) is 0 Å². The van der Waals surface area contributed by atoms with Crippen LogP contribution in [0.15, 0.2) is 12.3 Å². The lowest BCUT2D eigenvalue weighted by atomic mass is 9.90. The fourth-order valence-electron chi connectivity index (χ4n) is 1.59. The maximum absolute atomic E-state index is 12.3. The van der Waals surface area contributed by atoms with Crippen LogP contribution < -0.4 is 5.32 Å². The number of hydrogen-bond acceptors (Lipinski definition) is 4. The number of carboxylic acids is 1. The lowest BCUT2D eigenvalue weighted by Gasteiger charge is -2.30. The molecule has 6 nitrogen and oxygen atoms in total. The summed E-state index contributed by atoms with van der Waals surface area (Å²) in [6, 6.07) is 1.41. The molecule has 0 atom stereocenters. The van der Waals surface area contributed by atoms with E-state index in [1.54, 1.807) is 0 Å². The number of ether oxygens (including phenoxy) is 1. The lowest BCUT2D eigenvalue weighted by Crippen LogP contribution is -2.47. The smallest absolute Gasteiger partial charge is 0.338 e. The normalized spacial score (nSPS) is 11.5. The van der Waals surface area contributed by atoms with Crippen LogP contribution in [0, 0.1) is 5.92 Å². The number of amides is 1. The number of pyridine rings is 1. The molecule has 0 saturated heterocycles. The quantitative estimate of drug-likeness (QED) is 0.838. The molecule has 0 unspecified atom stereocenters. The van der Waals surface area contributed by atoms with Crippen LogP contribution in [0.3, 0.4) is 0 Å². The van der Waals surface area contributed by atoms with Crippen molar-refractivity contribution in [2.45, 2.75) is 39.8 Å². The number of carbonyl (C=O) groups excluding carboxylic acids is 1. The van der Waals surface area contributed by atoms with Gasteiger partial charge in [-0.1, -0.05) is 13.8 Å². The van der Waals surface area contributed by atoms with E-state index in [0.29, 0.717) is 5.56 Å². The van der Waals surface area contributed by atoms with Crippen molar-refractivity contribution in [2.75, 3.05) is 7.11 Å². The molecule has 1 amide bonds. The predicted molar refractivity (Wildman–Crippen MR) is 78.3 cm³/mol. The van der Waals surface area contributed by atoms with E-state index < -0.39 is 17.4 Å². The van der Waals surface area contributed by atoms with Crippen molar-refractivity contribution in [2.24, 2.45) is 5.92 Å². The van der Waals surface area contributed by atoms with Crippen LogP contribution in [0.4, 0.5) is 0 Å². The van der Waals surface area contributed by atoms with E-state index in [-0.39, 0.29) is 23.8 Å². The van der Waals surface area contributed by atoms with E-state index in [1.165, 1.54) is 19.4 Å². The number of carbonyl (C=O) groups is 2. The maximum atomic E-state index is 12.3. The van der Waals surface area contributed by atoms with Crippen molar-refractivity contribution in [3.05, 3.63) is 29.1 Å². The Balaban J connectivity index is 3.12. The first kappa shape index (κ1) is 17.1. The molecule has 0 spiro atoms. The summed E-state index contributed by atoms with van der Waals surface area (Å²) in [5.74, 6) is -1.48. The van der Waals surface area contributed by atoms with Gasteiger partial charge in [-0.15, -0.1) is 0 Å². The van der Waals surface area contributed by atoms with E-state index in [0.717, 1.165) is 0 Å². The predicted octanol–water partition coefficient (Wildman–Crippen LogP) is 2.09. The van der Waals surface area contributed by atoms with Gasteiger partial charge in [-0.25, -0.2) is 9.78 Å². The Hall–Kier alpha value is -1.95. The van der Waals surface area contributed by atoms with Crippen molar-refractivity contribution in [3.63, 3.8) is 0 Å². The highest BCUT2D eigenvalue weighted by atomic mass is 16.5. The van der Waals surface area contributed by atoms with Crippen molar-refractivity contribution in [1.29, 1.82) is 0 Å². The zero-order valence-corrected chi connectivity index (χ0v) is 13.1. The van der Waals surface area contributed by atoms with Crippen molar-refractivity contribution >= 4 is 11.9 Å². The van der Waals surface area contributed by atoms with Gasteiger partial charge in [0.1, 0.15) is 5.69 Å². The van der Waals surface area contributed by atoms with E-state index in [9.17, 15) is 14.7 Å². The standard InChI is InChI=1S/C15H22N2O4/c1-9(2)15(3,4)17-13(18)12-11(14(19)20)6-10(7-16-12)8-21-5/h6-7,9H,8H2,1-5H3,(H,17,18)(H,19,20). The lowest BCUT2D eigenvalue weighted by molar-refractivity contribution is 0.0687. The summed E-state index contributed by atoms with van der Waals surface area (Å²) < 4.78 is 4.94. The van der Waals surface area contributed by atoms with Crippen LogP contribution in [0.1, 0.15) is 54.1 Å². The van der Waals surface area contributed by atoms with Crippen LogP contribution in [-0.4, -0.2) is 34.6 Å². The van der Waals surface area contributed by atoms with Gasteiger partial charge in [-0.2, -0.15) is 0 Å². The van der Waals surface area contributed by atoms with Gasteiger partial charge in [0.15, 0.2) is 0 Å². The summed E-state index contributed by atoms with van der Waals surface area (Å²) in [6.07, 6.45) is 1.45. The summed E-state index contributed by atoms with van der Waals surface area (Å²) in [5, 5.41) is 12.1. The summed E-state index contributed by atoms with van der Waals surface area (Å²) in [7, 11) is 1.51. The van der Waals surface area contributed by atoms with Crippen molar-refractivity contribution < 1.29 is 19.4 Å². The van der Waals surface area contributed by atoms with Crippen LogP contribution in [-0.2, 0) is 11.3 Å². The number of hydrogen-bond donors (Lipinski definition) is 2. The van der Waals surface area contributed by atoms with Gasteiger partial charge in [-0.05, 0) is 31.4 Å². The average Bonchev–Trinajstić information content (AvgIpc) is 2.38. The molecule has 0 aliphatic heterocycles. The third-order valence-electron chi connectivity index (χ3n) is 3.58. The molecule has 1 aromatic rings. The Morgan fingerprint density at radius 3 is 2.52 bits per heavy atom. The Bertz CT molecular complexity index is 538. The summed E-state index contributed by atoms with van der Waals surface area (Å²) in [5.41, 5.74) is -0.0630. The summed E-state index contributed by atoms with van der Waals surface area (Å²) in [4.78, 5) is 27.6. The van der Waals surface area contributed by atoms with Gasteiger partial charge in [0.05, 0.1) is 12.2 Å². The second-order valence-electron chi connectivity index (χ2n) is 5.81. The number of methoxy groups -OCH3 is 1. The minimum atomic E-state index is -1.19. The zero-order valence-electron chi connectivity index (χ0n) is 13.1. The van der Waals surface area contributed by atoms with Gasteiger partial charge >= 0.3 is 5.97 Å². The second-order valence-corrected chi connectivity index (χ2v) is 5.81. The second kappa shape index (κ2) is 6.67. The molecule has 0 radical (unpaired) electrons. The number of nitrogens with zero attached hydrogens (tertiary/aromatic N) is 1. The van der Waals surface area contributed by atoms with Gasteiger partial charge in [0, 0.05) is 18.8 Å². The molecular weight excluding hydrogens is 272 g/mol. The highest BCUT2D eigenvalue weighted by molar-refractivity contribution is 6.03. The van der Waals surface area contributed by atoms with Crippen LogP contribution >= 0.6 is 0 Å². The number of nitrogens with one attached hydrogen (secondary N) is 1. The van der Waals surface area contributed by atoms with Crippen molar-refractivity contribution in [1.82, 2.24) is 10.3 Å². The molecule has 1 heterocycles. The van der Waals surface area contributed by atoms with Gasteiger partial charge in [0.2, 0.25) is 0 Å². The third kappa shape index (κ3) is 4.26. The van der Waals surface area contributed by atoms with E-state index in [1.807, 2.05) is 27.7 Å². The molecule has 0 bridgehead atoms. The van der Waals surface area contributed by atoms with Crippen molar-refractivity contribution in [3.8, 4) is 0 Å². The number of carboxylic acid groups (broad SMARTS) is 1. The summed E-state index contributed by atoms with van der Waals surface area (Å²) >= 11 is 0. The molecule has 21 heavy (non-hydrogen) atoms. The Labute approximate surface area is 124 Å². The largest absolute Gasteiger partial charge is 0.478 e. The monoisotopic (exact) mass is 294 g/mol. The first-order valence-corrected chi connectivity index (χ1v) is 6.72. The van der Waals surface area contributed by atoms with Gasteiger partial charge < -0.3 is 15.2 Å². The van der Waals surface area contributed by atoms with Crippen LogP contribution in [0.5, 0.6) is 0 Å². The van der Waals surface area contributed by atoms with E-state index in [4.69, 9.17) is 4.74 Å². The molecule has 0 aliphatic carbocycles. The third-order valence-corrected chi connectivity index (χ3v) is 3.58. The van der Waals surface area contributed by atoms with Gasteiger partial charge in [0.25, 0.3) is 5.91 Å². The highest BCUT2D eigenvalue weighted by Gasteiger charge is 2.27. The molecule has 0 aromatic carbocycles. The maximum Gasteiger partial charge on any atom is 0.338 e. The molecule has 0 saturated carbocycles. The van der Waals surface area contributed by atoms with Gasteiger partial charge in [-0.3, -0.25) is 4.79 Å². The number of aromatic nitrogens is 1. The molecule has 1 aromatic heterocycles. The first-order valence-electron chi connectivity index (χ1n) is 6.72. The molecular formula is C15H22N2O4. The molecule has 116 valence electrons. The minimum absolute atomic E-state index is 0.0870. The Kier molecular flexibility index (Phi) is 5.43. The fourth-order valence-corrected chi connectivity index (χ4v) is 1.59.